The van der Waals surface area contributed by atoms with Crippen LogP contribution in [-0.4, -0.2) is 6.04 Å². The number of rotatable bonds is 2. The molecular formula is C14H20FN. The van der Waals surface area contributed by atoms with E-state index in [9.17, 15) is 4.39 Å². The fourth-order valence-electron chi connectivity index (χ4n) is 2.54. The third kappa shape index (κ3) is 2.75. The van der Waals surface area contributed by atoms with E-state index in [0.717, 1.165) is 11.6 Å². The summed E-state index contributed by atoms with van der Waals surface area (Å²) in [5.74, 6) is 0.690. The molecule has 2 unspecified atom stereocenters. The van der Waals surface area contributed by atoms with Gasteiger partial charge in [0.15, 0.2) is 0 Å². The zero-order chi connectivity index (χ0) is 11.5. The van der Waals surface area contributed by atoms with Gasteiger partial charge in [0.05, 0.1) is 0 Å². The standard InChI is InChI=1S/C14H20FN/c1-10-4-3-5-12(8-10)16-13-6-7-14(15)11(2)9-13/h6-7,9-10,12,16H,3-5,8H2,1-2H3. The highest BCUT2D eigenvalue weighted by atomic mass is 19.1. The Labute approximate surface area is 97.1 Å². The quantitative estimate of drug-likeness (QED) is 0.792. The molecule has 1 nitrogen and oxygen atoms in total. The van der Waals surface area contributed by atoms with Crippen LogP contribution in [0, 0.1) is 18.7 Å². The Morgan fingerprint density at radius 1 is 1.31 bits per heavy atom. The second-order valence-electron chi connectivity index (χ2n) is 5.08. The Bertz CT molecular complexity index is 362. The normalized spacial score (nSPS) is 25.4. The van der Waals surface area contributed by atoms with Crippen LogP contribution < -0.4 is 5.32 Å². The fraction of sp³-hybridized carbons (Fsp3) is 0.571. The molecule has 16 heavy (non-hydrogen) atoms. The van der Waals surface area contributed by atoms with Crippen molar-refractivity contribution in [3.8, 4) is 0 Å². The fourth-order valence-corrected chi connectivity index (χ4v) is 2.54. The molecule has 2 atom stereocenters. The molecular weight excluding hydrogens is 201 g/mol. The first kappa shape index (κ1) is 11.4. The predicted octanol–water partition coefficient (Wildman–Crippen LogP) is 4.12. The molecule has 1 saturated carbocycles. The van der Waals surface area contributed by atoms with E-state index in [0.29, 0.717) is 11.6 Å². The van der Waals surface area contributed by atoms with Gasteiger partial charge < -0.3 is 5.32 Å². The summed E-state index contributed by atoms with van der Waals surface area (Å²) >= 11 is 0. The molecule has 0 amide bonds. The lowest BCUT2D eigenvalue weighted by Crippen LogP contribution is -2.26. The molecule has 2 heteroatoms. The van der Waals surface area contributed by atoms with E-state index in [1.54, 1.807) is 6.07 Å². The van der Waals surface area contributed by atoms with Crippen LogP contribution in [0.1, 0.15) is 38.2 Å². The van der Waals surface area contributed by atoms with Crippen molar-refractivity contribution in [1.29, 1.82) is 0 Å². The molecule has 1 N–H and O–H groups in total. The SMILES string of the molecule is Cc1cc(NC2CCCC(C)C2)ccc1F. The molecule has 0 heterocycles. The minimum absolute atomic E-state index is 0.123. The second-order valence-corrected chi connectivity index (χ2v) is 5.08. The molecule has 0 bridgehead atoms. The zero-order valence-corrected chi connectivity index (χ0v) is 10.1. The van der Waals surface area contributed by atoms with Crippen LogP contribution in [-0.2, 0) is 0 Å². The maximum atomic E-state index is 13.1. The van der Waals surface area contributed by atoms with Crippen molar-refractivity contribution in [2.24, 2.45) is 5.92 Å². The zero-order valence-electron chi connectivity index (χ0n) is 10.1. The lowest BCUT2D eigenvalue weighted by atomic mass is 9.87. The van der Waals surface area contributed by atoms with E-state index in [4.69, 9.17) is 0 Å². The van der Waals surface area contributed by atoms with Gasteiger partial charge in [-0.3, -0.25) is 0 Å². The third-order valence-electron chi connectivity index (χ3n) is 3.47. The average Bonchev–Trinajstić information content (AvgIpc) is 2.24. The number of anilines is 1. The number of halogens is 1. The highest BCUT2D eigenvalue weighted by Gasteiger charge is 2.18. The van der Waals surface area contributed by atoms with E-state index in [-0.39, 0.29) is 5.82 Å². The molecule has 0 aliphatic heterocycles. The smallest absolute Gasteiger partial charge is 0.126 e. The van der Waals surface area contributed by atoms with Crippen molar-refractivity contribution in [2.75, 3.05) is 5.32 Å². The van der Waals surface area contributed by atoms with Crippen LogP contribution >= 0.6 is 0 Å². The monoisotopic (exact) mass is 221 g/mol. The van der Waals surface area contributed by atoms with Gasteiger partial charge in [0.25, 0.3) is 0 Å². The van der Waals surface area contributed by atoms with Crippen molar-refractivity contribution in [2.45, 2.75) is 45.6 Å². The van der Waals surface area contributed by atoms with Gasteiger partial charge in [-0.05, 0) is 49.4 Å². The van der Waals surface area contributed by atoms with E-state index < -0.39 is 0 Å². The minimum atomic E-state index is -0.123. The summed E-state index contributed by atoms with van der Waals surface area (Å²) in [7, 11) is 0. The third-order valence-corrected chi connectivity index (χ3v) is 3.47. The summed E-state index contributed by atoms with van der Waals surface area (Å²) in [5.41, 5.74) is 1.77. The summed E-state index contributed by atoms with van der Waals surface area (Å²) in [6, 6.07) is 5.84. The molecule has 0 radical (unpaired) electrons. The first-order valence-electron chi connectivity index (χ1n) is 6.18. The Morgan fingerprint density at radius 3 is 2.81 bits per heavy atom. The van der Waals surface area contributed by atoms with Crippen LogP contribution in [0.3, 0.4) is 0 Å². The lowest BCUT2D eigenvalue weighted by molar-refractivity contribution is 0.358. The van der Waals surface area contributed by atoms with Gasteiger partial charge in [0.2, 0.25) is 0 Å². The van der Waals surface area contributed by atoms with Gasteiger partial charge in [-0.25, -0.2) is 4.39 Å². The molecule has 1 aromatic rings. The van der Waals surface area contributed by atoms with Crippen LogP contribution in [0.2, 0.25) is 0 Å². The van der Waals surface area contributed by atoms with Crippen LogP contribution in [0.4, 0.5) is 10.1 Å². The van der Waals surface area contributed by atoms with Crippen molar-refractivity contribution >= 4 is 5.69 Å². The van der Waals surface area contributed by atoms with E-state index in [2.05, 4.69) is 12.2 Å². The Hall–Kier alpha value is -1.05. The highest BCUT2D eigenvalue weighted by molar-refractivity contribution is 5.46. The van der Waals surface area contributed by atoms with Crippen molar-refractivity contribution in [1.82, 2.24) is 0 Å². The Morgan fingerprint density at radius 2 is 2.12 bits per heavy atom. The first-order chi connectivity index (χ1) is 7.65. The van der Waals surface area contributed by atoms with Gasteiger partial charge in [0, 0.05) is 11.7 Å². The van der Waals surface area contributed by atoms with E-state index in [1.165, 1.54) is 25.7 Å². The molecule has 0 saturated heterocycles. The summed E-state index contributed by atoms with van der Waals surface area (Å²) in [5, 5.41) is 3.51. The van der Waals surface area contributed by atoms with Crippen LogP contribution in [0.5, 0.6) is 0 Å². The largest absolute Gasteiger partial charge is 0.382 e. The topological polar surface area (TPSA) is 12.0 Å². The van der Waals surface area contributed by atoms with Crippen molar-refractivity contribution in [3.05, 3.63) is 29.6 Å². The first-order valence-corrected chi connectivity index (χ1v) is 6.18. The number of hydrogen-bond donors (Lipinski definition) is 1. The molecule has 1 aliphatic rings. The van der Waals surface area contributed by atoms with Gasteiger partial charge in [0.1, 0.15) is 5.82 Å². The van der Waals surface area contributed by atoms with Crippen molar-refractivity contribution in [3.63, 3.8) is 0 Å². The average molecular weight is 221 g/mol. The van der Waals surface area contributed by atoms with E-state index >= 15 is 0 Å². The molecule has 1 aromatic carbocycles. The van der Waals surface area contributed by atoms with Gasteiger partial charge in [-0.15, -0.1) is 0 Å². The summed E-state index contributed by atoms with van der Waals surface area (Å²) < 4.78 is 13.1. The summed E-state index contributed by atoms with van der Waals surface area (Å²) in [6.45, 7) is 4.12. The number of benzene rings is 1. The molecule has 0 spiro atoms. The lowest BCUT2D eigenvalue weighted by Gasteiger charge is -2.28. The van der Waals surface area contributed by atoms with Gasteiger partial charge in [-0.1, -0.05) is 19.8 Å². The maximum Gasteiger partial charge on any atom is 0.126 e. The molecule has 2 rings (SSSR count). The highest BCUT2D eigenvalue weighted by Crippen LogP contribution is 2.26. The van der Waals surface area contributed by atoms with Crippen LogP contribution in [0.15, 0.2) is 18.2 Å². The van der Waals surface area contributed by atoms with Gasteiger partial charge in [-0.2, -0.15) is 0 Å². The van der Waals surface area contributed by atoms with Crippen molar-refractivity contribution < 1.29 is 4.39 Å². The predicted molar refractivity (Wildman–Crippen MR) is 66.2 cm³/mol. The van der Waals surface area contributed by atoms with Gasteiger partial charge >= 0.3 is 0 Å². The molecule has 1 aliphatic carbocycles. The number of hydrogen-bond acceptors (Lipinski definition) is 1. The van der Waals surface area contributed by atoms with Crippen LogP contribution in [0.25, 0.3) is 0 Å². The van der Waals surface area contributed by atoms with E-state index in [1.807, 2.05) is 19.1 Å². The number of aryl methyl sites for hydroxylation is 1. The summed E-state index contributed by atoms with van der Waals surface area (Å²) in [4.78, 5) is 0. The minimum Gasteiger partial charge on any atom is -0.382 e. The maximum absolute atomic E-state index is 13.1. The number of nitrogens with one attached hydrogen (secondary N) is 1. The molecule has 1 fully saturated rings. The molecule has 88 valence electrons. The Balaban J connectivity index is 2.00. The summed E-state index contributed by atoms with van der Waals surface area (Å²) in [6.07, 6.45) is 5.12. The second kappa shape index (κ2) is 4.86. The Kier molecular flexibility index (Phi) is 3.47. The molecule has 0 aromatic heterocycles.